The average molecular weight is 144 g/mol. The van der Waals surface area contributed by atoms with Gasteiger partial charge in [-0.05, 0) is 25.7 Å². The molecule has 1 aliphatic rings. The monoisotopic (exact) mass is 144 g/mol. The highest BCUT2D eigenvalue weighted by Gasteiger charge is 2.22. The van der Waals surface area contributed by atoms with Crippen LogP contribution < -0.4 is 0 Å². The predicted molar refractivity (Wildman–Crippen MR) is 39.9 cm³/mol. The number of aliphatic hydroxyl groups excluding tert-OH is 1. The van der Waals surface area contributed by atoms with Crippen LogP contribution in [0.5, 0.6) is 0 Å². The van der Waals surface area contributed by atoms with Crippen molar-refractivity contribution in [3.05, 3.63) is 0 Å². The quantitative estimate of drug-likeness (QED) is 0.647. The minimum Gasteiger partial charge on any atom is -0.393 e. The third-order valence-electron chi connectivity index (χ3n) is 1.91. The highest BCUT2D eigenvalue weighted by atomic mass is 16.5. The van der Waals surface area contributed by atoms with Crippen LogP contribution in [-0.4, -0.2) is 23.9 Å². The zero-order valence-electron chi connectivity index (χ0n) is 6.55. The number of hydrogen-bond donors (Lipinski definition) is 1. The molecule has 0 radical (unpaired) electrons. The van der Waals surface area contributed by atoms with E-state index in [9.17, 15) is 0 Å². The molecule has 1 N–H and O–H groups in total. The van der Waals surface area contributed by atoms with Crippen LogP contribution in [0.3, 0.4) is 0 Å². The maximum atomic E-state index is 9.12. The van der Waals surface area contributed by atoms with Crippen molar-refractivity contribution in [2.45, 2.75) is 44.8 Å². The SMILES string of the molecule is CCCOC1CCC(O)C1. The molecular weight excluding hydrogens is 128 g/mol. The van der Waals surface area contributed by atoms with Crippen molar-refractivity contribution in [1.82, 2.24) is 0 Å². The van der Waals surface area contributed by atoms with Gasteiger partial charge in [0.25, 0.3) is 0 Å². The van der Waals surface area contributed by atoms with E-state index in [1.165, 1.54) is 0 Å². The van der Waals surface area contributed by atoms with Crippen molar-refractivity contribution in [2.75, 3.05) is 6.61 Å². The smallest absolute Gasteiger partial charge is 0.0600 e. The van der Waals surface area contributed by atoms with Crippen molar-refractivity contribution < 1.29 is 9.84 Å². The third-order valence-corrected chi connectivity index (χ3v) is 1.91. The number of rotatable bonds is 3. The van der Waals surface area contributed by atoms with Gasteiger partial charge in [0.05, 0.1) is 12.2 Å². The maximum Gasteiger partial charge on any atom is 0.0600 e. The lowest BCUT2D eigenvalue weighted by molar-refractivity contribution is 0.0478. The molecule has 0 saturated heterocycles. The van der Waals surface area contributed by atoms with Crippen LogP contribution in [0.2, 0.25) is 0 Å². The predicted octanol–water partition coefficient (Wildman–Crippen LogP) is 1.33. The normalized spacial score (nSPS) is 33.0. The molecule has 0 aromatic carbocycles. The van der Waals surface area contributed by atoms with Gasteiger partial charge in [-0.15, -0.1) is 0 Å². The molecular formula is C8H16O2. The molecule has 1 aliphatic carbocycles. The summed E-state index contributed by atoms with van der Waals surface area (Å²) < 4.78 is 5.46. The summed E-state index contributed by atoms with van der Waals surface area (Å²) in [5.41, 5.74) is 0. The Labute approximate surface area is 62.2 Å². The minimum absolute atomic E-state index is 0.0955. The van der Waals surface area contributed by atoms with Crippen LogP contribution in [0, 0.1) is 0 Å². The van der Waals surface area contributed by atoms with E-state index in [0.29, 0.717) is 6.10 Å². The standard InChI is InChI=1S/C8H16O2/c1-2-5-10-8-4-3-7(9)6-8/h7-9H,2-6H2,1H3. The molecule has 1 fully saturated rings. The van der Waals surface area contributed by atoms with E-state index in [0.717, 1.165) is 32.3 Å². The molecule has 2 heteroatoms. The summed E-state index contributed by atoms with van der Waals surface area (Å²) in [5.74, 6) is 0. The Morgan fingerprint density at radius 1 is 1.50 bits per heavy atom. The molecule has 1 rings (SSSR count). The van der Waals surface area contributed by atoms with Gasteiger partial charge in [-0.3, -0.25) is 0 Å². The van der Waals surface area contributed by atoms with Gasteiger partial charge in [-0.25, -0.2) is 0 Å². The van der Waals surface area contributed by atoms with Gasteiger partial charge in [0.1, 0.15) is 0 Å². The molecule has 2 atom stereocenters. The summed E-state index contributed by atoms with van der Waals surface area (Å²) in [5, 5.41) is 9.12. The van der Waals surface area contributed by atoms with E-state index in [2.05, 4.69) is 6.92 Å². The lowest BCUT2D eigenvalue weighted by Gasteiger charge is -2.08. The average Bonchev–Trinajstić information content (AvgIpc) is 2.31. The molecule has 0 amide bonds. The summed E-state index contributed by atoms with van der Waals surface area (Å²) in [4.78, 5) is 0. The zero-order valence-corrected chi connectivity index (χ0v) is 6.55. The molecule has 10 heavy (non-hydrogen) atoms. The van der Waals surface area contributed by atoms with Crippen LogP contribution in [0.15, 0.2) is 0 Å². The Morgan fingerprint density at radius 2 is 2.30 bits per heavy atom. The molecule has 0 bridgehead atoms. The summed E-state index contributed by atoms with van der Waals surface area (Å²) in [6, 6.07) is 0. The van der Waals surface area contributed by atoms with E-state index in [1.807, 2.05) is 0 Å². The Balaban J connectivity index is 2.06. The fourth-order valence-corrected chi connectivity index (χ4v) is 1.35. The number of aliphatic hydroxyl groups is 1. The van der Waals surface area contributed by atoms with Crippen molar-refractivity contribution in [1.29, 1.82) is 0 Å². The Morgan fingerprint density at radius 3 is 2.80 bits per heavy atom. The fraction of sp³-hybridized carbons (Fsp3) is 1.00. The third kappa shape index (κ3) is 2.27. The molecule has 2 nitrogen and oxygen atoms in total. The summed E-state index contributed by atoms with van der Waals surface area (Å²) >= 11 is 0. The van der Waals surface area contributed by atoms with Crippen LogP contribution in [0.4, 0.5) is 0 Å². The highest BCUT2D eigenvalue weighted by Crippen LogP contribution is 2.21. The summed E-state index contributed by atoms with van der Waals surface area (Å²) in [6.45, 7) is 2.95. The van der Waals surface area contributed by atoms with Crippen molar-refractivity contribution in [2.24, 2.45) is 0 Å². The van der Waals surface area contributed by atoms with Crippen molar-refractivity contribution >= 4 is 0 Å². The lowest BCUT2D eigenvalue weighted by atomic mass is 10.3. The van der Waals surface area contributed by atoms with Crippen LogP contribution >= 0.6 is 0 Å². The number of ether oxygens (including phenoxy) is 1. The molecule has 1 saturated carbocycles. The van der Waals surface area contributed by atoms with Crippen molar-refractivity contribution in [3.63, 3.8) is 0 Å². The van der Waals surface area contributed by atoms with Gasteiger partial charge in [0.15, 0.2) is 0 Å². The first-order valence-corrected chi connectivity index (χ1v) is 4.12. The van der Waals surface area contributed by atoms with E-state index < -0.39 is 0 Å². The van der Waals surface area contributed by atoms with Gasteiger partial charge < -0.3 is 9.84 Å². The molecule has 0 aromatic heterocycles. The van der Waals surface area contributed by atoms with Crippen LogP contribution in [0.25, 0.3) is 0 Å². The van der Waals surface area contributed by atoms with E-state index in [4.69, 9.17) is 9.84 Å². The van der Waals surface area contributed by atoms with Gasteiger partial charge in [-0.2, -0.15) is 0 Å². The second-order valence-electron chi connectivity index (χ2n) is 2.96. The Kier molecular flexibility index (Phi) is 3.16. The molecule has 0 aromatic rings. The van der Waals surface area contributed by atoms with Crippen molar-refractivity contribution in [3.8, 4) is 0 Å². The summed E-state index contributed by atoms with van der Waals surface area (Å²) in [6.07, 6.45) is 4.14. The zero-order chi connectivity index (χ0) is 7.40. The van der Waals surface area contributed by atoms with E-state index in [-0.39, 0.29) is 6.10 Å². The minimum atomic E-state index is -0.0955. The maximum absolute atomic E-state index is 9.12. The Bertz CT molecular complexity index is 93.3. The lowest BCUT2D eigenvalue weighted by Crippen LogP contribution is -2.10. The number of hydrogen-bond acceptors (Lipinski definition) is 2. The first-order valence-electron chi connectivity index (χ1n) is 4.12. The molecule has 0 heterocycles. The first kappa shape index (κ1) is 8.02. The topological polar surface area (TPSA) is 29.5 Å². The second-order valence-corrected chi connectivity index (χ2v) is 2.96. The molecule has 0 aliphatic heterocycles. The molecule has 0 spiro atoms. The largest absolute Gasteiger partial charge is 0.393 e. The molecule has 60 valence electrons. The Hall–Kier alpha value is -0.0800. The van der Waals surface area contributed by atoms with Crippen LogP contribution in [0.1, 0.15) is 32.6 Å². The fourth-order valence-electron chi connectivity index (χ4n) is 1.35. The van der Waals surface area contributed by atoms with E-state index >= 15 is 0 Å². The second kappa shape index (κ2) is 3.94. The summed E-state index contributed by atoms with van der Waals surface area (Å²) in [7, 11) is 0. The van der Waals surface area contributed by atoms with Gasteiger partial charge in [0, 0.05) is 6.61 Å². The van der Waals surface area contributed by atoms with Crippen LogP contribution in [-0.2, 0) is 4.74 Å². The van der Waals surface area contributed by atoms with Gasteiger partial charge in [0.2, 0.25) is 0 Å². The highest BCUT2D eigenvalue weighted by molar-refractivity contribution is 4.74. The van der Waals surface area contributed by atoms with Gasteiger partial charge >= 0.3 is 0 Å². The van der Waals surface area contributed by atoms with E-state index in [1.54, 1.807) is 0 Å². The molecule has 2 unspecified atom stereocenters. The van der Waals surface area contributed by atoms with Gasteiger partial charge in [-0.1, -0.05) is 6.92 Å². The first-order chi connectivity index (χ1) is 4.83.